The number of hydrogen-bond donors (Lipinski definition) is 1. The fraction of sp³-hybridized carbons (Fsp3) is 0.421. The lowest BCUT2D eigenvalue weighted by Crippen LogP contribution is -2.44. The van der Waals surface area contributed by atoms with E-state index in [4.69, 9.17) is 9.47 Å². The van der Waals surface area contributed by atoms with Crippen LogP contribution < -0.4 is 10.1 Å². The van der Waals surface area contributed by atoms with Crippen molar-refractivity contribution in [3.8, 4) is 5.75 Å². The largest absolute Gasteiger partial charge is 0.497 e. The average Bonchev–Trinajstić information content (AvgIpc) is 3.10. The standard InChI is InChI=1S/C19H25N3O3/c1-24-12-8-20-18(23)14-22-11-10-21-9-4-7-17(21)19(22)15-5-3-6-16(13-15)25-2/h3-7,9,13,19H,8,10-12,14H2,1-2H3,(H,20,23)/t19-/m1/s1. The lowest BCUT2D eigenvalue weighted by atomic mass is 9.99. The van der Waals surface area contributed by atoms with Crippen molar-refractivity contribution in [2.24, 2.45) is 0 Å². The second-order valence-corrected chi connectivity index (χ2v) is 6.12. The van der Waals surface area contributed by atoms with E-state index in [1.165, 1.54) is 5.69 Å². The Morgan fingerprint density at radius 1 is 1.24 bits per heavy atom. The van der Waals surface area contributed by atoms with Gasteiger partial charge in [-0.3, -0.25) is 9.69 Å². The molecule has 1 N–H and O–H groups in total. The number of aromatic nitrogens is 1. The molecule has 2 aromatic rings. The van der Waals surface area contributed by atoms with Gasteiger partial charge in [-0.1, -0.05) is 12.1 Å². The van der Waals surface area contributed by atoms with Crippen LogP contribution in [0, 0.1) is 0 Å². The molecule has 1 aliphatic rings. The molecule has 2 heterocycles. The minimum Gasteiger partial charge on any atom is -0.497 e. The van der Waals surface area contributed by atoms with Crippen molar-refractivity contribution in [1.29, 1.82) is 0 Å². The molecular formula is C19H25N3O3. The van der Waals surface area contributed by atoms with Gasteiger partial charge in [0.1, 0.15) is 5.75 Å². The van der Waals surface area contributed by atoms with Crippen molar-refractivity contribution in [3.63, 3.8) is 0 Å². The molecule has 6 heteroatoms. The highest BCUT2D eigenvalue weighted by Gasteiger charge is 2.30. The molecule has 0 aliphatic carbocycles. The molecule has 1 atom stereocenters. The van der Waals surface area contributed by atoms with Crippen LogP contribution in [0.4, 0.5) is 0 Å². The third kappa shape index (κ3) is 4.03. The van der Waals surface area contributed by atoms with Crippen molar-refractivity contribution >= 4 is 5.91 Å². The van der Waals surface area contributed by atoms with E-state index in [1.54, 1.807) is 14.2 Å². The maximum atomic E-state index is 12.3. The van der Waals surface area contributed by atoms with Gasteiger partial charge < -0.3 is 19.4 Å². The molecule has 1 aliphatic heterocycles. The van der Waals surface area contributed by atoms with Crippen LogP contribution in [0.2, 0.25) is 0 Å². The topological polar surface area (TPSA) is 55.7 Å². The van der Waals surface area contributed by atoms with Gasteiger partial charge in [0.05, 0.1) is 26.3 Å². The highest BCUT2D eigenvalue weighted by molar-refractivity contribution is 5.78. The SMILES string of the molecule is COCCNC(=O)CN1CCn2cccc2[C@H]1c1cccc(OC)c1. The second kappa shape index (κ2) is 8.18. The molecule has 0 saturated carbocycles. The maximum absolute atomic E-state index is 12.3. The van der Waals surface area contributed by atoms with Crippen LogP contribution in [0.5, 0.6) is 5.75 Å². The summed E-state index contributed by atoms with van der Waals surface area (Å²) in [7, 11) is 3.30. The predicted molar refractivity (Wildman–Crippen MR) is 95.7 cm³/mol. The van der Waals surface area contributed by atoms with E-state index in [2.05, 4.69) is 39.2 Å². The highest BCUT2D eigenvalue weighted by atomic mass is 16.5. The summed E-state index contributed by atoms with van der Waals surface area (Å²) < 4.78 is 12.6. The summed E-state index contributed by atoms with van der Waals surface area (Å²) in [5.74, 6) is 0.843. The van der Waals surface area contributed by atoms with Gasteiger partial charge in [-0.2, -0.15) is 0 Å². The van der Waals surface area contributed by atoms with Crippen molar-refractivity contribution < 1.29 is 14.3 Å². The van der Waals surface area contributed by atoms with E-state index in [1.807, 2.05) is 18.2 Å². The average molecular weight is 343 g/mol. The molecule has 134 valence electrons. The third-order valence-corrected chi connectivity index (χ3v) is 4.52. The minimum absolute atomic E-state index is 0.0185. The van der Waals surface area contributed by atoms with E-state index in [-0.39, 0.29) is 11.9 Å². The molecule has 0 fully saturated rings. The molecule has 1 amide bonds. The third-order valence-electron chi connectivity index (χ3n) is 4.52. The predicted octanol–water partition coefficient (Wildman–Crippen LogP) is 1.66. The quantitative estimate of drug-likeness (QED) is 0.777. The summed E-state index contributed by atoms with van der Waals surface area (Å²) in [5.41, 5.74) is 2.33. The summed E-state index contributed by atoms with van der Waals surface area (Å²) >= 11 is 0. The number of ether oxygens (including phenoxy) is 2. The lowest BCUT2D eigenvalue weighted by molar-refractivity contribution is -0.123. The Labute approximate surface area is 148 Å². The van der Waals surface area contributed by atoms with Crippen LogP contribution in [-0.4, -0.2) is 55.8 Å². The first-order valence-electron chi connectivity index (χ1n) is 8.51. The molecule has 0 bridgehead atoms. The summed E-state index contributed by atoms with van der Waals surface area (Å²) in [4.78, 5) is 14.5. The number of amides is 1. The van der Waals surface area contributed by atoms with Crippen LogP contribution >= 0.6 is 0 Å². The Bertz CT molecular complexity index is 713. The fourth-order valence-corrected chi connectivity index (χ4v) is 3.33. The number of rotatable bonds is 7. The zero-order chi connectivity index (χ0) is 17.6. The van der Waals surface area contributed by atoms with Gasteiger partial charge in [-0.05, 0) is 29.8 Å². The normalized spacial score (nSPS) is 17.1. The molecule has 1 aromatic carbocycles. The van der Waals surface area contributed by atoms with E-state index in [0.717, 1.165) is 24.4 Å². The van der Waals surface area contributed by atoms with Crippen LogP contribution in [0.15, 0.2) is 42.6 Å². The number of nitrogens with one attached hydrogen (secondary N) is 1. The molecule has 0 unspecified atom stereocenters. The van der Waals surface area contributed by atoms with Crippen LogP contribution in [-0.2, 0) is 16.1 Å². The van der Waals surface area contributed by atoms with Crippen molar-refractivity contribution in [2.45, 2.75) is 12.6 Å². The van der Waals surface area contributed by atoms with E-state index >= 15 is 0 Å². The number of hydrogen-bond acceptors (Lipinski definition) is 4. The fourth-order valence-electron chi connectivity index (χ4n) is 3.33. The molecule has 3 rings (SSSR count). The number of benzene rings is 1. The maximum Gasteiger partial charge on any atom is 0.234 e. The van der Waals surface area contributed by atoms with Gasteiger partial charge in [0.25, 0.3) is 0 Å². The number of carbonyl (C=O) groups is 1. The molecule has 0 radical (unpaired) electrons. The Kier molecular flexibility index (Phi) is 5.73. The molecular weight excluding hydrogens is 318 g/mol. The van der Waals surface area contributed by atoms with Crippen molar-refractivity contribution in [2.75, 3.05) is 40.5 Å². The summed E-state index contributed by atoms with van der Waals surface area (Å²) in [6.07, 6.45) is 2.10. The summed E-state index contributed by atoms with van der Waals surface area (Å²) in [5, 5.41) is 2.91. The molecule has 1 aromatic heterocycles. The number of carbonyl (C=O) groups excluding carboxylic acids is 1. The Morgan fingerprint density at radius 3 is 2.92 bits per heavy atom. The van der Waals surface area contributed by atoms with Gasteiger partial charge in [0, 0.05) is 38.6 Å². The minimum atomic E-state index is 0.0185. The first-order valence-corrected chi connectivity index (χ1v) is 8.51. The monoisotopic (exact) mass is 343 g/mol. The highest BCUT2D eigenvalue weighted by Crippen LogP contribution is 2.33. The van der Waals surface area contributed by atoms with E-state index in [9.17, 15) is 4.79 Å². The van der Waals surface area contributed by atoms with E-state index < -0.39 is 0 Å². The Morgan fingerprint density at radius 2 is 2.12 bits per heavy atom. The van der Waals surface area contributed by atoms with Gasteiger partial charge in [0.15, 0.2) is 0 Å². The van der Waals surface area contributed by atoms with Gasteiger partial charge >= 0.3 is 0 Å². The van der Waals surface area contributed by atoms with Gasteiger partial charge in [0.2, 0.25) is 5.91 Å². The Hall–Kier alpha value is -2.31. The number of fused-ring (bicyclic) bond motifs is 1. The Balaban J connectivity index is 1.82. The second-order valence-electron chi connectivity index (χ2n) is 6.12. The molecule has 0 spiro atoms. The first kappa shape index (κ1) is 17.5. The zero-order valence-electron chi connectivity index (χ0n) is 14.8. The summed E-state index contributed by atoms with van der Waals surface area (Å²) in [6.45, 7) is 3.11. The first-order chi connectivity index (χ1) is 12.2. The van der Waals surface area contributed by atoms with E-state index in [0.29, 0.717) is 19.7 Å². The number of nitrogens with zero attached hydrogens (tertiary/aromatic N) is 2. The van der Waals surface area contributed by atoms with Crippen molar-refractivity contribution in [1.82, 2.24) is 14.8 Å². The molecule has 0 saturated heterocycles. The van der Waals surface area contributed by atoms with Crippen LogP contribution in [0.3, 0.4) is 0 Å². The lowest BCUT2D eigenvalue weighted by Gasteiger charge is -2.37. The summed E-state index contributed by atoms with van der Waals surface area (Å²) in [6, 6.07) is 12.3. The van der Waals surface area contributed by atoms with Crippen LogP contribution in [0.25, 0.3) is 0 Å². The molecule has 6 nitrogen and oxygen atoms in total. The molecule has 25 heavy (non-hydrogen) atoms. The van der Waals surface area contributed by atoms with Crippen LogP contribution in [0.1, 0.15) is 17.3 Å². The van der Waals surface area contributed by atoms with Gasteiger partial charge in [-0.15, -0.1) is 0 Å². The number of methoxy groups -OCH3 is 2. The smallest absolute Gasteiger partial charge is 0.234 e. The van der Waals surface area contributed by atoms with Crippen molar-refractivity contribution in [3.05, 3.63) is 53.9 Å². The van der Waals surface area contributed by atoms with Gasteiger partial charge in [-0.25, -0.2) is 0 Å². The zero-order valence-corrected chi connectivity index (χ0v) is 14.8.